The first-order valence-electron chi connectivity index (χ1n) is 6.85. The summed E-state index contributed by atoms with van der Waals surface area (Å²) >= 11 is 0. The van der Waals surface area contributed by atoms with Crippen molar-refractivity contribution in [2.45, 2.75) is 12.8 Å². The van der Waals surface area contributed by atoms with E-state index < -0.39 is 9.85 Å². The Morgan fingerprint density at radius 2 is 1.61 bits per heavy atom. The average molecular weight is 312 g/mol. The second kappa shape index (κ2) is 5.84. The highest BCUT2D eigenvalue weighted by Gasteiger charge is 2.20. The maximum Gasteiger partial charge on any atom is 0.301 e. The van der Waals surface area contributed by atoms with Gasteiger partial charge in [0, 0.05) is 24.6 Å². The van der Waals surface area contributed by atoms with E-state index in [4.69, 9.17) is 0 Å². The molecule has 0 spiro atoms. The largest absolute Gasteiger partial charge is 0.301 e. The first-order valence-corrected chi connectivity index (χ1v) is 6.85. The topological polar surface area (TPSA) is 111 Å². The molecule has 1 aliphatic carbocycles. The highest BCUT2D eigenvalue weighted by atomic mass is 16.6. The normalized spacial score (nSPS) is 12.6. The van der Waals surface area contributed by atoms with Gasteiger partial charge >= 0.3 is 5.69 Å². The molecule has 0 saturated heterocycles. The molecule has 0 aliphatic heterocycles. The first kappa shape index (κ1) is 14.6. The maximum absolute atomic E-state index is 11.1. The van der Waals surface area contributed by atoms with Crippen molar-refractivity contribution < 1.29 is 9.85 Å². The van der Waals surface area contributed by atoms with Crippen molar-refractivity contribution in [3.8, 4) is 0 Å². The van der Waals surface area contributed by atoms with Crippen LogP contribution in [0.2, 0.25) is 0 Å². The molecule has 2 aromatic rings. The third-order valence-corrected chi connectivity index (χ3v) is 3.63. The van der Waals surface area contributed by atoms with E-state index in [1.54, 1.807) is 0 Å². The first-order chi connectivity index (χ1) is 11.0. The Morgan fingerprint density at radius 3 is 2.17 bits per heavy atom. The van der Waals surface area contributed by atoms with E-state index in [9.17, 15) is 20.2 Å². The van der Waals surface area contributed by atoms with E-state index in [1.807, 2.05) is 24.3 Å². The molecule has 0 atom stereocenters. The zero-order valence-electron chi connectivity index (χ0n) is 11.9. The van der Waals surface area contributed by atoms with Gasteiger partial charge in [0.05, 0.1) is 15.9 Å². The summed E-state index contributed by atoms with van der Waals surface area (Å²) in [5.41, 5.74) is 5.32. The number of hydrogen-bond acceptors (Lipinski definition) is 6. The van der Waals surface area contributed by atoms with E-state index in [1.165, 1.54) is 23.3 Å². The molecule has 0 aromatic heterocycles. The number of fused-ring (bicyclic) bond motifs is 1. The summed E-state index contributed by atoms with van der Waals surface area (Å²) in [4.78, 5) is 20.4. The number of benzene rings is 2. The van der Waals surface area contributed by atoms with Crippen molar-refractivity contribution in [1.29, 1.82) is 0 Å². The van der Waals surface area contributed by atoms with Crippen LogP contribution < -0.4 is 5.43 Å². The van der Waals surface area contributed by atoms with E-state index >= 15 is 0 Å². The van der Waals surface area contributed by atoms with Crippen molar-refractivity contribution >= 4 is 22.8 Å². The maximum atomic E-state index is 11.1. The van der Waals surface area contributed by atoms with Crippen LogP contribution in [0.1, 0.15) is 11.1 Å². The molecule has 0 bridgehead atoms. The number of nitrogens with zero attached hydrogens (tertiary/aromatic N) is 3. The van der Waals surface area contributed by atoms with Gasteiger partial charge in [-0.1, -0.05) is 24.3 Å². The second-order valence-electron chi connectivity index (χ2n) is 5.13. The van der Waals surface area contributed by atoms with Crippen molar-refractivity contribution in [1.82, 2.24) is 0 Å². The fourth-order valence-corrected chi connectivity index (χ4v) is 2.50. The van der Waals surface area contributed by atoms with E-state index in [0.717, 1.165) is 11.8 Å². The number of nitro benzene ring substituents is 2. The lowest BCUT2D eigenvalue weighted by molar-refractivity contribution is -0.393. The van der Waals surface area contributed by atoms with Crippen LogP contribution in [-0.4, -0.2) is 15.6 Å². The second-order valence-corrected chi connectivity index (χ2v) is 5.13. The lowest BCUT2D eigenvalue weighted by Gasteiger charge is -2.03. The van der Waals surface area contributed by atoms with Crippen LogP contribution in [0.4, 0.5) is 17.1 Å². The van der Waals surface area contributed by atoms with Gasteiger partial charge in [-0.05, 0) is 17.2 Å². The molecule has 3 rings (SSSR count). The predicted molar refractivity (Wildman–Crippen MR) is 84.7 cm³/mol. The van der Waals surface area contributed by atoms with Crippen molar-refractivity contribution in [3.63, 3.8) is 0 Å². The van der Waals surface area contributed by atoms with E-state index in [0.29, 0.717) is 12.8 Å². The van der Waals surface area contributed by atoms with E-state index in [2.05, 4.69) is 10.5 Å². The molecule has 0 radical (unpaired) electrons. The lowest BCUT2D eigenvalue weighted by atomic mass is 10.1. The zero-order chi connectivity index (χ0) is 16.4. The van der Waals surface area contributed by atoms with E-state index in [-0.39, 0.29) is 17.1 Å². The molecule has 1 aliphatic rings. The molecular formula is C15H12N4O4. The van der Waals surface area contributed by atoms with Gasteiger partial charge in [0.2, 0.25) is 0 Å². The van der Waals surface area contributed by atoms with Crippen LogP contribution in [0.5, 0.6) is 0 Å². The molecule has 0 heterocycles. The molecule has 0 unspecified atom stereocenters. The Kier molecular flexibility index (Phi) is 3.71. The molecule has 116 valence electrons. The molecule has 0 amide bonds. The SMILES string of the molecule is O=[N+]([O-])c1ccc(NN=C2Cc3ccccc3C2)c([N+](=O)[O-])c1. The number of hydrazone groups is 1. The summed E-state index contributed by atoms with van der Waals surface area (Å²) < 4.78 is 0. The number of hydrogen-bond donors (Lipinski definition) is 1. The Hall–Kier alpha value is -3.29. The Labute approximate surface area is 130 Å². The third-order valence-electron chi connectivity index (χ3n) is 3.63. The van der Waals surface area contributed by atoms with Gasteiger partial charge in [0.1, 0.15) is 5.69 Å². The Balaban J connectivity index is 1.83. The van der Waals surface area contributed by atoms with Gasteiger partial charge in [-0.3, -0.25) is 25.7 Å². The summed E-state index contributed by atoms with van der Waals surface area (Å²) in [6, 6.07) is 11.4. The summed E-state index contributed by atoms with van der Waals surface area (Å²) in [5.74, 6) is 0. The fraction of sp³-hybridized carbons (Fsp3) is 0.133. The minimum absolute atomic E-state index is 0.129. The number of nitro groups is 2. The van der Waals surface area contributed by atoms with Gasteiger partial charge in [0.25, 0.3) is 5.69 Å². The monoisotopic (exact) mass is 312 g/mol. The van der Waals surface area contributed by atoms with Gasteiger partial charge in [-0.2, -0.15) is 5.10 Å². The lowest BCUT2D eigenvalue weighted by Crippen LogP contribution is -2.03. The Morgan fingerprint density at radius 1 is 0.957 bits per heavy atom. The standard InChI is InChI=1S/C15H12N4O4/c20-18(21)13-5-6-14(15(9-13)19(22)23)17-16-12-7-10-3-1-2-4-11(10)8-12/h1-6,9,17H,7-8H2. The highest BCUT2D eigenvalue weighted by molar-refractivity contribution is 5.93. The van der Waals surface area contributed by atoms with Gasteiger partial charge < -0.3 is 0 Å². The summed E-state index contributed by atoms with van der Waals surface area (Å²) in [6.07, 6.45) is 1.37. The van der Waals surface area contributed by atoms with Gasteiger partial charge in [0.15, 0.2) is 0 Å². The molecular weight excluding hydrogens is 300 g/mol. The third kappa shape index (κ3) is 3.00. The smallest absolute Gasteiger partial charge is 0.272 e. The van der Waals surface area contributed by atoms with Gasteiger partial charge in [-0.15, -0.1) is 0 Å². The van der Waals surface area contributed by atoms with Crippen LogP contribution in [-0.2, 0) is 12.8 Å². The summed E-state index contributed by atoms with van der Waals surface area (Å²) in [7, 11) is 0. The Bertz CT molecular complexity index is 805. The predicted octanol–water partition coefficient (Wildman–Crippen LogP) is 3.07. The minimum atomic E-state index is -0.670. The fourth-order valence-electron chi connectivity index (χ4n) is 2.50. The van der Waals surface area contributed by atoms with Crippen LogP contribution in [0.15, 0.2) is 47.6 Å². The number of nitrogens with one attached hydrogen (secondary N) is 1. The highest BCUT2D eigenvalue weighted by Crippen LogP contribution is 2.29. The van der Waals surface area contributed by atoms with Crippen molar-refractivity contribution in [2.24, 2.45) is 5.10 Å². The quantitative estimate of drug-likeness (QED) is 0.689. The van der Waals surface area contributed by atoms with Crippen LogP contribution in [0.3, 0.4) is 0 Å². The number of non-ortho nitro benzene ring substituents is 1. The molecule has 0 fully saturated rings. The van der Waals surface area contributed by atoms with Crippen LogP contribution in [0.25, 0.3) is 0 Å². The van der Waals surface area contributed by atoms with Gasteiger partial charge in [-0.25, -0.2) is 0 Å². The molecule has 1 N–H and O–H groups in total. The molecule has 8 nitrogen and oxygen atoms in total. The van der Waals surface area contributed by atoms with Crippen LogP contribution in [0, 0.1) is 20.2 Å². The summed E-state index contributed by atoms with van der Waals surface area (Å²) in [6.45, 7) is 0. The van der Waals surface area contributed by atoms with Crippen molar-refractivity contribution in [3.05, 3.63) is 73.8 Å². The molecule has 2 aromatic carbocycles. The minimum Gasteiger partial charge on any atom is -0.272 e. The average Bonchev–Trinajstić information content (AvgIpc) is 2.95. The van der Waals surface area contributed by atoms with Crippen molar-refractivity contribution in [2.75, 3.05) is 5.43 Å². The molecule has 0 saturated carbocycles. The molecule has 23 heavy (non-hydrogen) atoms. The number of anilines is 1. The number of rotatable bonds is 4. The molecule has 8 heteroatoms. The zero-order valence-corrected chi connectivity index (χ0v) is 11.9. The summed E-state index contributed by atoms with van der Waals surface area (Å²) in [5, 5.41) is 26.0. The van der Waals surface area contributed by atoms with Crippen LogP contribution >= 0.6 is 0 Å².